The zero-order valence-corrected chi connectivity index (χ0v) is 20.8. The van der Waals surface area contributed by atoms with Crippen molar-refractivity contribution in [1.82, 2.24) is 10.0 Å². The summed E-state index contributed by atoms with van der Waals surface area (Å²) in [6, 6.07) is 20.1. The van der Waals surface area contributed by atoms with Crippen LogP contribution in [-0.2, 0) is 19.6 Å². The molecule has 1 atom stereocenters. The normalized spacial score (nSPS) is 13.5. The first-order chi connectivity index (χ1) is 17.3. The van der Waals surface area contributed by atoms with E-state index in [1.165, 1.54) is 24.3 Å². The van der Waals surface area contributed by atoms with E-state index in [1.807, 2.05) is 48.5 Å². The molecule has 8 nitrogen and oxygen atoms in total. The number of ether oxygens (including phenoxy) is 1. The smallest absolute Gasteiger partial charge is 0.407 e. The van der Waals surface area contributed by atoms with Gasteiger partial charge in [-0.25, -0.2) is 13.2 Å². The van der Waals surface area contributed by atoms with Gasteiger partial charge in [0.25, 0.3) is 0 Å². The monoisotopic (exact) mass is 528 g/mol. The average molecular weight is 529 g/mol. The van der Waals surface area contributed by atoms with Gasteiger partial charge in [0, 0.05) is 17.5 Å². The van der Waals surface area contributed by atoms with Crippen LogP contribution < -0.4 is 10.0 Å². The standard InChI is InChI=1S/C26H25ClN2O6S/c27-17-11-13-18(14-12-17)36(33,34)29-24(25(30)31)10-5-15-28-26(32)35-16-23-21-8-3-1-6-19(21)20-7-2-4-9-22(20)23/h1-4,6-9,11-14,23-24,29H,5,10,15-16H2,(H,28,32)(H,30,31)/t24-/m0/s1. The third kappa shape index (κ3) is 5.87. The molecule has 3 N–H and O–H groups in total. The minimum atomic E-state index is -4.04. The Hall–Kier alpha value is -3.40. The number of benzene rings is 3. The molecule has 0 saturated heterocycles. The number of carbonyl (C=O) groups is 2. The topological polar surface area (TPSA) is 122 Å². The van der Waals surface area contributed by atoms with E-state index in [1.54, 1.807) is 0 Å². The molecule has 10 heteroatoms. The fraction of sp³-hybridized carbons (Fsp3) is 0.231. The van der Waals surface area contributed by atoms with Crippen LogP contribution in [0.1, 0.15) is 29.9 Å². The summed E-state index contributed by atoms with van der Waals surface area (Å²) >= 11 is 5.78. The molecule has 188 valence electrons. The molecule has 1 aliphatic carbocycles. The Morgan fingerprint density at radius 3 is 2.11 bits per heavy atom. The maximum atomic E-state index is 12.5. The molecular formula is C26H25ClN2O6S. The molecule has 36 heavy (non-hydrogen) atoms. The van der Waals surface area contributed by atoms with E-state index in [0.29, 0.717) is 5.02 Å². The number of rotatable bonds is 10. The molecule has 0 aromatic heterocycles. The van der Waals surface area contributed by atoms with E-state index >= 15 is 0 Å². The van der Waals surface area contributed by atoms with Crippen molar-refractivity contribution in [3.05, 3.63) is 88.9 Å². The second kappa shape index (κ2) is 11.1. The van der Waals surface area contributed by atoms with Gasteiger partial charge in [-0.1, -0.05) is 60.1 Å². The van der Waals surface area contributed by atoms with Gasteiger partial charge >= 0.3 is 12.1 Å². The van der Waals surface area contributed by atoms with Crippen LogP contribution in [0.5, 0.6) is 0 Å². The molecule has 1 amide bonds. The van der Waals surface area contributed by atoms with Crippen LogP contribution >= 0.6 is 11.6 Å². The van der Waals surface area contributed by atoms with Crippen LogP contribution in [0.4, 0.5) is 4.79 Å². The fourth-order valence-corrected chi connectivity index (χ4v) is 5.60. The second-order valence-electron chi connectivity index (χ2n) is 8.36. The van der Waals surface area contributed by atoms with Crippen LogP contribution in [0.2, 0.25) is 5.02 Å². The third-order valence-corrected chi connectivity index (χ3v) is 7.74. The van der Waals surface area contributed by atoms with Crippen molar-refractivity contribution in [2.45, 2.75) is 29.7 Å². The number of carboxylic acids is 1. The number of nitrogens with one attached hydrogen (secondary N) is 2. The predicted octanol–water partition coefficient (Wildman–Crippen LogP) is 4.39. The number of carbonyl (C=O) groups excluding carboxylic acids is 1. The lowest BCUT2D eigenvalue weighted by atomic mass is 9.98. The third-order valence-electron chi connectivity index (χ3n) is 6.00. The Balaban J connectivity index is 1.26. The predicted molar refractivity (Wildman–Crippen MR) is 136 cm³/mol. The number of amides is 1. The Kier molecular flexibility index (Phi) is 7.93. The van der Waals surface area contributed by atoms with E-state index in [0.717, 1.165) is 22.3 Å². The Bertz CT molecular complexity index is 1320. The Labute approximate surface area is 214 Å². The molecule has 0 aliphatic heterocycles. The van der Waals surface area contributed by atoms with Gasteiger partial charge in [-0.05, 0) is 59.4 Å². The van der Waals surface area contributed by atoms with Gasteiger partial charge in [-0.3, -0.25) is 4.79 Å². The zero-order valence-electron chi connectivity index (χ0n) is 19.2. The number of alkyl carbamates (subject to hydrolysis) is 1. The summed E-state index contributed by atoms with van der Waals surface area (Å²) in [6.07, 6.45) is -0.415. The quantitative estimate of drug-likeness (QED) is 0.335. The Morgan fingerprint density at radius 1 is 0.944 bits per heavy atom. The lowest BCUT2D eigenvalue weighted by molar-refractivity contribution is -0.139. The van der Waals surface area contributed by atoms with Crippen LogP contribution in [0.3, 0.4) is 0 Å². The second-order valence-corrected chi connectivity index (χ2v) is 10.5. The molecule has 0 spiro atoms. The van der Waals surface area contributed by atoms with Gasteiger partial charge in [0.1, 0.15) is 12.6 Å². The molecule has 0 saturated carbocycles. The number of sulfonamides is 1. The van der Waals surface area contributed by atoms with Crippen LogP contribution in [-0.4, -0.2) is 44.8 Å². The number of carboxylic acid groups (broad SMARTS) is 1. The molecule has 0 fully saturated rings. The van der Waals surface area contributed by atoms with Gasteiger partial charge in [-0.2, -0.15) is 4.72 Å². The summed E-state index contributed by atoms with van der Waals surface area (Å²) in [5.74, 6) is -1.38. The van der Waals surface area contributed by atoms with Gasteiger partial charge in [-0.15, -0.1) is 0 Å². The van der Waals surface area contributed by atoms with E-state index in [4.69, 9.17) is 16.3 Å². The summed E-state index contributed by atoms with van der Waals surface area (Å²) in [5, 5.41) is 12.4. The van der Waals surface area contributed by atoms with Gasteiger partial charge in [0.2, 0.25) is 10.0 Å². The summed E-state index contributed by atoms with van der Waals surface area (Å²) in [7, 11) is -4.04. The van der Waals surface area contributed by atoms with E-state index in [-0.39, 0.29) is 36.8 Å². The lowest BCUT2D eigenvalue weighted by Gasteiger charge is -2.16. The summed E-state index contributed by atoms with van der Waals surface area (Å²) in [5.41, 5.74) is 4.46. The molecule has 0 heterocycles. The lowest BCUT2D eigenvalue weighted by Crippen LogP contribution is -2.41. The average Bonchev–Trinajstić information content (AvgIpc) is 3.18. The number of halogens is 1. The molecule has 3 aromatic carbocycles. The maximum Gasteiger partial charge on any atom is 0.407 e. The van der Waals surface area contributed by atoms with Crippen LogP contribution in [0.15, 0.2) is 77.7 Å². The zero-order chi connectivity index (χ0) is 25.7. The highest BCUT2D eigenvalue weighted by Crippen LogP contribution is 2.44. The van der Waals surface area contributed by atoms with Gasteiger partial charge in [0.15, 0.2) is 0 Å². The molecule has 1 aliphatic rings. The number of aliphatic carboxylic acids is 1. The first-order valence-corrected chi connectivity index (χ1v) is 13.2. The molecule has 3 aromatic rings. The molecule has 0 radical (unpaired) electrons. The summed E-state index contributed by atoms with van der Waals surface area (Å²) < 4.78 is 32.6. The molecular weight excluding hydrogens is 504 g/mol. The largest absolute Gasteiger partial charge is 0.480 e. The van der Waals surface area contributed by atoms with E-state index in [9.17, 15) is 23.1 Å². The first kappa shape index (κ1) is 25.7. The first-order valence-electron chi connectivity index (χ1n) is 11.4. The number of hydrogen-bond acceptors (Lipinski definition) is 5. The highest BCUT2D eigenvalue weighted by molar-refractivity contribution is 7.89. The molecule has 0 bridgehead atoms. The van der Waals surface area contributed by atoms with Crippen molar-refractivity contribution in [3.8, 4) is 11.1 Å². The van der Waals surface area contributed by atoms with E-state index in [2.05, 4.69) is 10.0 Å². The minimum absolute atomic E-state index is 0.0220. The Morgan fingerprint density at radius 2 is 1.53 bits per heavy atom. The number of fused-ring (bicyclic) bond motifs is 3. The van der Waals surface area contributed by atoms with Crippen LogP contribution in [0.25, 0.3) is 11.1 Å². The van der Waals surface area contributed by atoms with Crippen molar-refractivity contribution in [2.75, 3.05) is 13.2 Å². The van der Waals surface area contributed by atoms with Crippen molar-refractivity contribution >= 4 is 33.7 Å². The van der Waals surface area contributed by atoms with Crippen molar-refractivity contribution in [2.24, 2.45) is 0 Å². The number of hydrogen-bond donors (Lipinski definition) is 3. The van der Waals surface area contributed by atoms with E-state index < -0.39 is 28.1 Å². The molecule has 0 unspecified atom stereocenters. The summed E-state index contributed by atoms with van der Waals surface area (Å²) in [6.45, 7) is 0.293. The van der Waals surface area contributed by atoms with Crippen molar-refractivity contribution in [3.63, 3.8) is 0 Å². The molecule has 4 rings (SSSR count). The maximum absolute atomic E-state index is 12.5. The van der Waals surface area contributed by atoms with Crippen LogP contribution in [0, 0.1) is 0 Å². The van der Waals surface area contributed by atoms with Gasteiger partial charge in [0.05, 0.1) is 4.90 Å². The van der Waals surface area contributed by atoms with Crippen molar-refractivity contribution in [1.29, 1.82) is 0 Å². The highest BCUT2D eigenvalue weighted by Gasteiger charge is 2.29. The fourth-order valence-electron chi connectivity index (χ4n) is 4.25. The SMILES string of the molecule is O=C(NCCC[C@H](NS(=O)(=O)c1ccc(Cl)cc1)C(=O)O)OCC1c2ccccc2-c2ccccc21. The van der Waals surface area contributed by atoms with Crippen molar-refractivity contribution < 1.29 is 27.9 Å². The minimum Gasteiger partial charge on any atom is -0.480 e. The van der Waals surface area contributed by atoms with Gasteiger partial charge < -0.3 is 15.2 Å². The summed E-state index contributed by atoms with van der Waals surface area (Å²) in [4.78, 5) is 23.8. The highest BCUT2D eigenvalue weighted by atomic mass is 35.5.